The third kappa shape index (κ3) is 5.29. The maximum atomic E-state index is 13.6. The van der Waals surface area contributed by atoms with E-state index in [1.807, 2.05) is 0 Å². The molecule has 0 unspecified atom stereocenters. The Morgan fingerprint density at radius 2 is 1.86 bits per heavy atom. The SMILES string of the molecule is COc1cc(C(=O)NCCSCc2ccccc2F)c([N+](=O)[O-])c(OC)c1OC. The van der Waals surface area contributed by atoms with Crippen LogP contribution >= 0.6 is 11.8 Å². The number of rotatable bonds is 10. The van der Waals surface area contributed by atoms with Crippen LogP contribution in [-0.2, 0) is 5.75 Å². The Bertz CT molecular complexity index is 893. The van der Waals surface area contributed by atoms with Crippen LogP contribution in [-0.4, -0.2) is 44.5 Å². The van der Waals surface area contributed by atoms with Crippen molar-refractivity contribution in [2.75, 3.05) is 33.6 Å². The molecule has 0 aliphatic carbocycles. The van der Waals surface area contributed by atoms with Crippen molar-refractivity contribution in [3.05, 3.63) is 57.4 Å². The van der Waals surface area contributed by atoms with Crippen LogP contribution < -0.4 is 19.5 Å². The highest BCUT2D eigenvalue weighted by Crippen LogP contribution is 2.46. The lowest BCUT2D eigenvalue weighted by molar-refractivity contribution is -0.386. The second kappa shape index (κ2) is 10.5. The first-order valence-corrected chi connectivity index (χ1v) is 9.66. The minimum atomic E-state index is -0.706. The predicted octanol–water partition coefficient (Wildman–Crippen LogP) is 3.42. The number of methoxy groups -OCH3 is 3. The van der Waals surface area contributed by atoms with Crippen molar-refractivity contribution in [1.82, 2.24) is 5.32 Å². The smallest absolute Gasteiger partial charge is 0.327 e. The van der Waals surface area contributed by atoms with Gasteiger partial charge in [0.1, 0.15) is 11.4 Å². The summed E-state index contributed by atoms with van der Waals surface area (Å²) in [6.07, 6.45) is 0. The Balaban J connectivity index is 2.09. The third-order valence-electron chi connectivity index (χ3n) is 3.98. The molecule has 0 saturated carbocycles. The van der Waals surface area contributed by atoms with Gasteiger partial charge in [-0.1, -0.05) is 18.2 Å². The third-order valence-corrected chi connectivity index (χ3v) is 4.99. The molecular formula is C19H21FN2O6S. The summed E-state index contributed by atoms with van der Waals surface area (Å²) in [6.45, 7) is 0.242. The van der Waals surface area contributed by atoms with Crippen molar-refractivity contribution in [1.29, 1.82) is 0 Å². The number of ether oxygens (including phenoxy) is 3. The highest BCUT2D eigenvalue weighted by molar-refractivity contribution is 7.98. The highest BCUT2D eigenvalue weighted by atomic mass is 32.2. The summed E-state index contributed by atoms with van der Waals surface area (Å²) in [4.78, 5) is 23.4. The van der Waals surface area contributed by atoms with Crippen LogP contribution in [0.4, 0.5) is 10.1 Å². The second-order valence-electron chi connectivity index (χ2n) is 5.70. The lowest BCUT2D eigenvalue weighted by atomic mass is 10.1. The van der Waals surface area contributed by atoms with Gasteiger partial charge in [0.05, 0.1) is 26.3 Å². The molecule has 1 amide bonds. The van der Waals surface area contributed by atoms with Gasteiger partial charge in [-0.05, 0) is 11.6 Å². The van der Waals surface area contributed by atoms with Crippen molar-refractivity contribution in [3.8, 4) is 17.2 Å². The van der Waals surface area contributed by atoms with E-state index in [-0.39, 0.29) is 35.2 Å². The number of hydrogen-bond acceptors (Lipinski definition) is 7. The quantitative estimate of drug-likeness (QED) is 0.354. The lowest BCUT2D eigenvalue weighted by Gasteiger charge is -2.14. The van der Waals surface area contributed by atoms with E-state index in [9.17, 15) is 19.3 Å². The van der Waals surface area contributed by atoms with Crippen LogP contribution in [0.2, 0.25) is 0 Å². The normalized spacial score (nSPS) is 10.3. The number of nitrogens with zero attached hydrogens (tertiary/aromatic N) is 1. The molecule has 8 nitrogen and oxygen atoms in total. The summed E-state index contributed by atoms with van der Waals surface area (Å²) in [6, 6.07) is 7.70. The molecule has 156 valence electrons. The highest BCUT2D eigenvalue weighted by Gasteiger charge is 2.32. The van der Waals surface area contributed by atoms with E-state index in [2.05, 4.69) is 5.32 Å². The zero-order valence-electron chi connectivity index (χ0n) is 16.2. The van der Waals surface area contributed by atoms with Crippen LogP contribution in [0.15, 0.2) is 30.3 Å². The summed E-state index contributed by atoms with van der Waals surface area (Å²) in [5, 5.41) is 14.2. The minimum absolute atomic E-state index is 0.0266. The number of carbonyl (C=O) groups excluding carboxylic acids is 1. The van der Waals surface area contributed by atoms with E-state index in [1.165, 1.54) is 45.2 Å². The van der Waals surface area contributed by atoms with E-state index in [0.717, 1.165) is 0 Å². The van der Waals surface area contributed by atoms with E-state index >= 15 is 0 Å². The summed E-state index contributed by atoms with van der Waals surface area (Å²) >= 11 is 1.43. The number of hydrogen-bond donors (Lipinski definition) is 1. The lowest BCUT2D eigenvalue weighted by Crippen LogP contribution is -2.26. The fourth-order valence-electron chi connectivity index (χ4n) is 2.62. The molecular weight excluding hydrogens is 403 g/mol. The molecule has 1 N–H and O–H groups in total. The predicted molar refractivity (Wildman–Crippen MR) is 108 cm³/mol. The zero-order valence-corrected chi connectivity index (χ0v) is 17.0. The Labute approximate surface area is 171 Å². The maximum absolute atomic E-state index is 13.6. The molecule has 10 heteroatoms. The van der Waals surface area contributed by atoms with Gasteiger partial charge in [0, 0.05) is 24.1 Å². The molecule has 2 rings (SSSR count). The topological polar surface area (TPSA) is 99.9 Å². The van der Waals surface area contributed by atoms with Crippen LogP contribution in [0, 0.1) is 15.9 Å². The molecule has 0 aliphatic rings. The Hall–Kier alpha value is -3.01. The van der Waals surface area contributed by atoms with Gasteiger partial charge in [-0.2, -0.15) is 11.8 Å². The maximum Gasteiger partial charge on any atom is 0.327 e. The molecule has 2 aromatic rings. The average molecular weight is 424 g/mol. The van der Waals surface area contributed by atoms with Gasteiger partial charge in [0.25, 0.3) is 5.91 Å². The molecule has 0 bridgehead atoms. The van der Waals surface area contributed by atoms with E-state index in [0.29, 0.717) is 17.1 Å². The second-order valence-corrected chi connectivity index (χ2v) is 6.80. The van der Waals surface area contributed by atoms with Gasteiger partial charge in [0.15, 0.2) is 5.75 Å². The molecule has 0 aliphatic heterocycles. The fraction of sp³-hybridized carbons (Fsp3) is 0.316. The van der Waals surface area contributed by atoms with E-state index < -0.39 is 16.5 Å². The number of thioether (sulfide) groups is 1. The van der Waals surface area contributed by atoms with E-state index in [4.69, 9.17) is 14.2 Å². The van der Waals surface area contributed by atoms with Crippen LogP contribution in [0.1, 0.15) is 15.9 Å². The molecule has 0 aromatic heterocycles. The van der Waals surface area contributed by atoms with Crippen molar-refractivity contribution in [3.63, 3.8) is 0 Å². The van der Waals surface area contributed by atoms with Crippen LogP contribution in [0.25, 0.3) is 0 Å². The van der Waals surface area contributed by atoms with Gasteiger partial charge in [0.2, 0.25) is 11.5 Å². The molecule has 2 aromatic carbocycles. The van der Waals surface area contributed by atoms with E-state index in [1.54, 1.807) is 18.2 Å². The van der Waals surface area contributed by atoms with Crippen LogP contribution in [0.3, 0.4) is 0 Å². The summed E-state index contributed by atoms with van der Waals surface area (Å²) < 4.78 is 29.0. The standard InChI is InChI=1S/C19H21FN2O6S/c1-26-15-10-13(16(22(24)25)18(28-3)17(15)27-2)19(23)21-8-9-29-11-12-6-4-5-7-14(12)20/h4-7,10H,8-9,11H2,1-3H3,(H,21,23). The van der Waals surface area contributed by atoms with Crippen molar-refractivity contribution in [2.45, 2.75) is 5.75 Å². The number of nitrogens with one attached hydrogen (secondary N) is 1. The number of amides is 1. The monoisotopic (exact) mass is 424 g/mol. The average Bonchev–Trinajstić information content (AvgIpc) is 2.72. The number of nitro benzene ring substituents is 1. The molecule has 0 radical (unpaired) electrons. The Morgan fingerprint density at radius 1 is 1.17 bits per heavy atom. The van der Waals surface area contributed by atoms with Crippen molar-refractivity contribution >= 4 is 23.4 Å². The summed E-state index contributed by atoms with van der Waals surface area (Å²) in [7, 11) is 3.91. The van der Waals surface area contributed by atoms with Gasteiger partial charge in [-0.3, -0.25) is 14.9 Å². The van der Waals surface area contributed by atoms with Gasteiger partial charge >= 0.3 is 5.69 Å². The van der Waals surface area contributed by atoms with Crippen LogP contribution in [0.5, 0.6) is 17.2 Å². The number of carbonyl (C=O) groups is 1. The Morgan fingerprint density at radius 3 is 2.45 bits per heavy atom. The van der Waals surface area contributed by atoms with Gasteiger partial charge in [-0.25, -0.2) is 4.39 Å². The number of nitro groups is 1. The van der Waals surface area contributed by atoms with Gasteiger partial charge in [-0.15, -0.1) is 0 Å². The molecule has 29 heavy (non-hydrogen) atoms. The van der Waals surface area contributed by atoms with Crippen molar-refractivity contribution in [2.24, 2.45) is 0 Å². The first-order chi connectivity index (χ1) is 13.9. The molecule has 0 fully saturated rings. The first kappa shape index (κ1) is 22.3. The molecule has 0 heterocycles. The molecule has 0 saturated heterocycles. The molecule has 0 atom stereocenters. The van der Waals surface area contributed by atoms with Crippen molar-refractivity contribution < 1.29 is 28.3 Å². The number of halogens is 1. The van der Waals surface area contributed by atoms with Gasteiger partial charge < -0.3 is 19.5 Å². The fourth-order valence-corrected chi connectivity index (χ4v) is 3.47. The minimum Gasteiger partial charge on any atom is -0.493 e. The number of benzene rings is 2. The Kier molecular flexibility index (Phi) is 8.08. The summed E-state index contributed by atoms with van der Waals surface area (Å²) in [5.41, 5.74) is -0.144. The first-order valence-electron chi connectivity index (χ1n) is 8.51. The zero-order chi connectivity index (χ0) is 21.4. The summed E-state index contributed by atoms with van der Waals surface area (Å²) in [5.74, 6) is -0.0197. The largest absolute Gasteiger partial charge is 0.493 e. The molecule has 0 spiro atoms.